The molecule has 2 aromatic carbocycles. The van der Waals surface area contributed by atoms with E-state index in [1.165, 1.54) is 30.2 Å². The van der Waals surface area contributed by atoms with Crippen molar-refractivity contribution in [2.75, 3.05) is 7.11 Å². The highest BCUT2D eigenvalue weighted by atomic mass is 32.2. The van der Waals surface area contributed by atoms with Gasteiger partial charge in [0.05, 0.1) is 18.6 Å². The number of hydrogen-bond acceptors (Lipinski definition) is 5. The number of carbonyl (C=O) groups excluding carboxylic acids is 1. The topological polar surface area (TPSA) is 63.1 Å². The number of carbonyl (C=O) groups is 1. The van der Waals surface area contributed by atoms with Crippen LogP contribution in [-0.2, 0) is 17.6 Å². The third kappa shape index (κ3) is 5.70. The second kappa shape index (κ2) is 10.1. The molecule has 6 heteroatoms. The van der Waals surface area contributed by atoms with Crippen molar-refractivity contribution in [1.82, 2.24) is 5.32 Å². The lowest BCUT2D eigenvalue weighted by molar-refractivity contribution is -0.118. The van der Waals surface area contributed by atoms with E-state index in [0.717, 1.165) is 23.3 Å². The lowest BCUT2D eigenvalue weighted by Gasteiger charge is -2.06. The van der Waals surface area contributed by atoms with Gasteiger partial charge in [-0.05, 0) is 60.2 Å². The van der Waals surface area contributed by atoms with Gasteiger partial charge in [0.25, 0.3) is 0 Å². The lowest BCUT2D eigenvalue weighted by atomic mass is 10.0. The number of rotatable bonds is 8. The van der Waals surface area contributed by atoms with Gasteiger partial charge in [0.1, 0.15) is 5.75 Å². The maximum absolute atomic E-state index is 12.2. The molecule has 1 aliphatic heterocycles. The Morgan fingerprint density at radius 2 is 1.82 bits per heavy atom. The Balaban J connectivity index is 1.55. The first-order chi connectivity index (χ1) is 13.7. The number of nitrogens with one attached hydrogen (secondary N) is 1. The summed E-state index contributed by atoms with van der Waals surface area (Å²) in [5.74, 6) is 0.779. The van der Waals surface area contributed by atoms with Crippen molar-refractivity contribution in [3.8, 4) is 5.75 Å². The van der Waals surface area contributed by atoms with Crippen molar-refractivity contribution in [2.24, 2.45) is 10.2 Å². The van der Waals surface area contributed by atoms with Gasteiger partial charge >= 0.3 is 0 Å². The molecule has 1 unspecified atom stereocenters. The molecule has 1 saturated heterocycles. The van der Waals surface area contributed by atoms with Gasteiger partial charge < -0.3 is 10.1 Å². The summed E-state index contributed by atoms with van der Waals surface area (Å²) in [6.45, 7) is 2.20. The van der Waals surface area contributed by atoms with Gasteiger partial charge in [-0.1, -0.05) is 49.4 Å². The lowest BCUT2D eigenvalue weighted by Crippen LogP contribution is -2.25. The molecule has 0 aromatic heterocycles. The Morgan fingerprint density at radius 3 is 2.50 bits per heavy atom. The van der Waals surface area contributed by atoms with Gasteiger partial charge in [0.2, 0.25) is 5.91 Å². The SMILES string of the molecule is CCCCc1ccc(CC2SC(=NN=Cc3ccc(OC)cc3)NC2=O)cc1. The van der Waals surface area contributed by atoms with Crippen molar-refractivity contribution in [3.63, 3.8) is 0 Å². The van der Waals surface area contributed by atoms with Crippen LogP contribution >= 0.6 is 11.8 Å². The second-order valence-corrected chi connectivity index (χ2v) is 7.83. The largest absolute Gasteiger partial charge is 0.497 e. The number of unbranched alkanes of at least 4 members (excludes halogenated alkanes) is 1. The van der Waals surface area contributed by atoms with Gasteiger partial charge in [0, 0.05) is 0 Å². The first-order valence-corrected chi connectivity index (χ1v) is 10.4. The molecular formula is C22H25N3O2S. The van der Waals surface area contributed by atoms with Crippen LogP contribution in [0.3, 0.4) is 0 Å². The maximum atomic E-state index is 12.2. The minimum atomic E-state index is -0.170. The predicted octanol–water partition coefficient (Wildman–Crippen LogP) is 4.20. The third-order valence-corrected chi connectivity index (χ3v) is 5.58. The molecule has 0 spiro atoms. The summed E-state index contributed by atoms with van der Waals surface area (Å²) in [5, 5.41) is 11.4. The number of nitrogens with zero attached hydrogens (tertiary/aromatic N) is 2. The van der Waals surface area contributed by atoms with Crippen molar-refractivity contribution < 1.29 is 9.53 Å². The minimum absolute atomic E-state index is 0.0153. The number of amidine groups is 1. The molecule has 1 heterocycles. The first-order valence-electron chi connectivity index (χ1n) is 9.48. The Kier molecular flexibility index (Phi) is 7.25. The van der Waals surface area contributed by atoms with Gasteiger partial charge in [-0.25, -0.2) is 0 Å². The number of amides is 1. The zero-order valence-electron chi connectivity index (χ0n) is 16.2. The van der Waals surface area contributed by atoms with E-state index in [-0.39, 0.29) is 11.2 Å². The van der Waals surface area contributed by atoms with Crippen molar-refractivity contribution in [3.05, 3.63) is 65.2 Å². The highest BCUT2D eigenvalue weighted by molar-refractivity contribution is 8.15. The van der Waals surface area contributed by atoms with Gasteiger partial charge in [0.15, 0.2) is 5.17 Å². The highest BCUT2D eigenvalue weighted by Gasteiger charge is 2.30. The van der Waals surface area contributed by atoms with Gasteiger partial charge in [-0.15, -0.1) is 5.10 Å². The van der Waals surface area contributed by atoms with E-state index in [9.17, 15) is 4.79 Å². The second-order valence-electron chi connectivity index (χ2n) is 6.64. The Labute approximate surface area is 170 Å². The number of hydrogen-bond donors (Lipinski definition) is 1. The molecule has 1 atom stereocenters. The molecule has 146 valence electrons. The monoisotopic (exact) mass is 395 g/mol. The van der Waals surface area contributed by atoms with Crippen LogP contribution in [0, 0.1) is 0 Å². The molecule has 2 aromatic rings. The molecule has 3 rings (SSSR count). The molecule has 1 N–H and O–H groups in total. The fourth-order valence-electron chi connectivity index (χ4n) is 2.86. The van der Waals surface area contributed by atoms with Crippen LogP contribution < -0.4 is 10.1 Å². The zero-order chi connectivity index (χ0) is 19.8. The summed E-state index contributed by atoms with van der Waals surface area (Å²) in [7, 11) is 1.63. The summed E-state index contributed by atoms with van der Waals surface area (Å²) >= 11 is 1.43. The normalized spacial score (nSPS) is 18.0. The zero-order valence-corrected chi connectivity index (χ0v) is 17.0. The smallest absolute Gasteiger partial charge is 0.239 e. The summed E-state index contributed by atoms with van der Waals surface area (Å²) in [5.41, 5.74) is 3.43. The minimum Gasteiger partial charge on any atom is -0.497 e. The molecular weight excluding hydrogens is 370 g/mol. The number of benzene rings is 2. The molecule has 0 radical (unpaired) electrons. The van der Waals surface area contributed by atoms with E-state index in [1.807, 2.05) is 24.3 Å². The van der Waals surface area contributed by atoms with Crippen LogP contribution in [0.4, 0.5) is 0 Å². The predicted molar refractivity (Wildman–Crippen MR) is 116 cm³/mol. The van der Waals surface area contributed by atoms with E-state index in [2.05, 4.69) is 46.7 Å². The van der Waals surface area contributed by atoms with E-state index in [4.69, 9.17) is 4.74 Å². The average Bonchev–Trinajstić information content (AvgIpc) is 3.07. The molecule has 0 bridgehead atoms. The van der Waals surface area contributed by atoms with Gasteiger partial charge in [-0.2, -0.15) is 5.10 Å². The van der Waals surface area contributed by atoms with E-state index >= 15 is 0 Å². The first kappa shape index (κ1) is 20.1. The fraction of sp³-hybridized carbons (Fsp3) is 0.318. The van der Waals surface area contributed by atoms with Crippen LogP contribution in [0.15, 0.2) is 58.7 Å². The van der Waals surface area contributed by atoms with E-state index in [1.54, 1.807) is 13.3 Å². The summed E-state index contributed by atoms with van der Waals surface area (Å²) in [6.07, 6.45) is 5.85. The quantitative estimate of drug-likeness (QED) is 0.538. The molecule has 0 saturated carbocycles. The maximum Gasteiger partial charge on any atom is 0.239 e. The van der Waals surface area contributed by atoms with Crippen molar-refractivity contribution in [2.45, 2.75) is 37.9 Å². The number of ether oxygens (including phenoxy) is 1. The van der Waals surface area contributed by atoms with E-state index in [0.29, 0.717) is 11.6 Å². The van der Waals surface area contributed by atoms with Crippen LogP contribution in [0.2, 0.25) is 0 Å². The van der Waals surface area contributed by atoms with Gasteiger partial charge in [-0.3, -0.25) is 4.79 Å². The van der Waals surface area contributed by atoms with E-state index < -0.39 is 0 Å². The number of thioether (sulfide) groups is 1. The number of aryl methyl sites for hydroxylation is 1. The molecule has 28 heavy (non-hydrogen) atoms. The standard InChI is InChI=1S/C22H25N3O2S/c1-3-4-5-16-6-8-17(9-7-16)14-20-21(26)24-22(28-20)25-23-15-18-10-12-19(27-2)13-11-18/h6-13,15,20H,3-5,14H2,1-2H3,(H,24,25,26). The fourth-order valence-corrected chi connectivity index (χ4v) is 3.83. The molecule has 1 aliphatic rings. The highest BCUT2D eigenvalue weighted by Crippen LogP contribution is 2.23. The van der Waals surface area contributed by atoms with Crippen LogP contribution in [-0.4, -0.2) is 29.6 Å². The number of methoxy groups -OCH3 is 1. The molecule has 0 aliphatic carbocycles. The third-order valence-electron chi connectivity index (χ3n) is 4.51. The van der Waals surface area contributed by atoms with Crippen LogP contribution in [0.25, 0.3) is 0 Å². The van der Waals surface area contributed by atoms with Crippen molar-refractivity contribution in [1.29, 1.82) is 0 Å². The Morgan fingerprint density at radius 1 is 1.11 bits per heavy atom. The summed E-state index contributed by atoms with van der Waals surface area (Å²) < 4.78 is 5.13. The van der Waals surface area contributed by atoms with Crippen LogP contribution in [0.1, 0.15) is 36.5 Å². The Hall–Kier alpha value is -2.60. The summed E-state index contributed by atoms with van der Waals surface area (Å²) in [6, 6.07) is 16.1. The Bertz CT molecular complexity index is 845. The van der Waals surface area contributed by atoms with Crippen molar-refractivity contribution >= 4 is 29.1 Å². The summed E-state index contributed by atoms with van der Waals surface area (Å²) in [4.78, 5) is 12.2. The molecule has 1 fully saturated rings. The average molecular weight is 396 g/mol. The molecule has 5 nitrogen and oxygen atoms in total. The van der Waals surface area contributed by atoms with Crippen LogP contribution in [0.5, 0.6) is 5.75 Å². The molecule has 1 amide bonds.